The van der Waals surface area contributed by atoms with E-state index in [-0.39, 0.29) is 22.4 Å². The molecule has 9 rings (SSSR count). The minimum absolute atomic E-state index is 0.0336. The number of carbonyl (C=O) groups is 1. The van der Waals surface area contributed by atoms with Gasteiger partial charge in [0.15, 0.2) is 0 Å². The summed E-state index contributed by atoms with van der Waals surface area (Å²) < 4.78 is 41.2. The van der Waals surface area contributed by atoms with Gasteiger partial charge in [0, 0.05) is 73.7 Å². The monoisotopic (exact) mass is 865 g/mol. The van der Waals surface area contributed by atoms with Crippen LogP contribution in [0.25, 0.3) is 16.6 Å². The number of nitrogens with one attached hydrogen (secondary N) is 3. The van der Waals surface area contributed by atoms with Crippen molar-refractivity contribution in [3.63, 3.8) is 0 Å². The van der Waals surface area contributed by atoms with Crippen LogP contribution in [0.2, 0.25) is 5.02 Å². The fourth-order valence-electron chi connectivity index (χ4n) is 9.08. The molecule has 2 aliphatic heterocycles. The van der Waals surface area contributed by atoms with Gasteiger partial charge in [0.1, 0.15) is 22.8 Å². The number of sulfonamides is 1. The fourth-order valence-corrected chi connectivity index (χ4v) is 10.2. The second-order valence-electron chi connectivity index (χ2n) is 17.3. The summed E-state index contributed by atoms with van der Waals surface area (Å²) in [5, 5.41) is 16.7. The van der Waals surface area contributed by atoms with E-state index in [2.05, 4.69) is 55.8 Å². The topological polar surface area (TPSA) is 172 Å². The zero-order valence-electron chi connectivity index (χ0n) is 34.0. The second-order valence-corrected chi connectivity index (χ2v) is 19.5. The molecule has 2 unspecified atom stereocenters. The molecule has 5 aromatic rings. The zero-order chi connectivity index (χ0) is 42.5. The summed E-state index contributed by atoms with van der Waals surface area (Å²) >= 11 is 6.24. The van der Waals surface area contributed by atoms with Gasteiger partial charge in [0.2, 0.25) is 0 Å². The van der Waals surface area contributed by atoms with Crippen LogP contribution in [0.3, 0.4) is 0 Å². The molecule has 14 nitrogen and oxygen atoms in total. The average molecular weight is 866 g/mol. The van der Waals surface area contributed by atoms with Gasteiger partial charge in [-0.1, -0.05) is 43.2 Å². The molecule has 4 heterocycles. The van der Waals surface area contributed by atoms with Gasteiger partial charge in [0.25, 0.3) is 21.6 Å². The standard InChI is InChI=1S/C45H48ClN7O7S/c1-45(2)13-11-30(36(22-45)28-3-5-31(46)6-4-28)25-51-15-17-52(18-16-51)32-7-9-35(42(20-32)60-33-19-29-12-14-47-43(29)49-23-33)44(54)50-61(57,58)34-8-10-40(41(21-34)53(55)56)48-24-37-38-26-59-27-39(37)38/h3-10,12,14,19-21,23,37-39,48H,11,13,15-18,22,24-27H2,1-2H3,(H,47,49)(H,50,54)/t37?,38-,39?/m0/s1. The first-order valence-corrected chi connectivity index (χ1v) is 22.5. The van der Waals surface area contributed by atoms with Crippen molar-refractivity contribution in [2.45, 2.75) is 38.0 Å². The zero-order valence-corrected chi connectivity index (χ0v) is 35.6. The molecule has 1 amide bonds. The number of hydrogen-bond acceptors (Lipinski definition) is 11. The molecule has 2 aromatic heterocycles. The van der Waals surface area contributed by atoms with Crippen LogP contribution in [-0.4, -0.2) is 86.6 Å². The summed E-state index contributed by atoms with van der Waals surface area (Å²) in [4.78, 5) is 37.1. The summed E-state index contributed by atoms with van der Waals surface area (Å²) in [6.07, 6.45) is 6.49. The first-order chi connectivity index (χ1) is 29.3. The lowest BCUT2D eigenvalue weighted by atomic mass is 9.72. The number of pyridine rings is 1. The van der Waals surface area contributed by atoms with Crippen molar-refractivity contribution in [2.75, 3.05) is 62.7 Å². The smallest absolute Gasteiger partial charge is 0.293 e. The molecule has 0 radical (unpaired) electrons. The molecule has 0 bridgehead atoms. The van der Waals surface area contributed by atoms with E-state index in [0.717, 1.165) is 74.1 Å². The van der Waals surface area contributed by atoms with E-state index in [4.69, 9.17) is 21.1 Å². The number of anilines is 2. The SMILES string of the molecule is CC1(C)CCC(CN2CCN(c3ccc(C(=O)NS(=O)(=O)c4ccc(NCC5C6COC[C@@H]56)c([N+](=O)[O-])c4)c(Oc4cnc5[nH]ccc5c4)c3)CC2)=C(c2ccc(Cl)cc2)C1. The normalized spacial score (nSPS) is 21.3. The molecule has 318 valence electrons. The van der Waals surface area contributed by atoms with Crippen LogP contribution in [0.1, 0.15) is 49.0 Å². The maximum atomic E-state index is 13.9. The third-order valence-corrected chi connectivity index (χ3v) is 14.3. The van der Waals surface area contributed by atoms with Crippen LogP contribution in [0, 0.1) is 33.3 Å². The molecule has 3 fully saturated rings. The van der Waals surface area contributed by atoms with Crippen molar-refractivity contribution < 1.29 is 27.6 Å². The number of allylic oxidation sites excluding steroid dienone is 1. The molecule has 3 atom stereocenters. The lowest BCUT2D eigenvalue weighted by Gasteiger charge is -2.39. The van der Waals surface area contributed by atoms with E-state index in [1.54, 1.807) is 30.5 Å². The molecule has 3 aromatic carbocycles. The van der Waals surface area contributed by atoms with Crippen LogP contribution in [0.4, 0.5) is 17.1 Å². The number of ether oxygens (including phenoxy) is 2. The molecule has 2 aliphatic carbocycles. The highest BCUT2D eigenvalue weighted by Gasteiger charge is 2.53. The Balaban J connectivity index is 0.926. The van der Waals surface area contributed by atoms with Gasteiger partial charge in [-0.25, -0.2) is 18.1 Å². The van der Waals surface area contributed by atoms with Gasteiger partial charge < -0.3 is 24.7 Å². The Hall–Kier alpha value is -5.48. The van der Waals surface area contributed by atoms with Crippen molar-refractivity contribution in [1.29, 1.82) is 0 Å². The van der Waals surface area contributed by atoms with Crippen molar-refractivity contribution in [3.05, 3.63) is 117 Å². The number of amides is 1. The largest absolute Gasteiger partial charge is 0.455 e. The maximum Gasteiger partial charge on any atom is 0.293 e. The molecule has 1 saturated carbocycles. The van der Waals surface area contributed by atoms with Crippen molar-refractivity contribution >= 4 is 61.2 Å². The van der Waals surface area contributed by atoms with E-state index in [0.29, 0.717) is 48.9 Å². The maximum absolute atomic E-state index is 13.9. The summed E-state index contributed by atoms with van der Waals surface area (Å²) in [6, 6.07) is 20.5. The Morgan fingerprint density at radius 2 is 1.80 bits per heavy atom. The highest BCUT2D eigenvalue weighted by Crippen LogP contribution is 2.51. The Kier molecular flexibility index (Phi) is 11.0. The van der Waals surface area contributed by atoms with Crippen LogP contribution in [-0.2, 0) is 14.8 Å². The first kappa shape index (κ1) is 40.9. The number of piperazine rings is 1. The van der Waals surface area contributed by atoms with Crippen LogP contribution < -0.4 is 19.7 Å². The Morgan fingerprint density at radius 3 is 2.56 bits per heavy atom. The van der Waals surface area contributed by atoms with Crippen LogP contribution >= 0.6 is 11.6 Å². The van der Waals surface area contributed by atoms with Crippen molar-refractivity contribution in [2.24, 2.45) is 23.2 Å². The van der Waals surface area contributed by atoms with Crippen molar-refractivity contribution in [1.82, 2.24) is 19.6 Å². The summed E-state index contributed by atoms with van der Waals surface area (Å²) in [5.74, 6) is 0.784. The van der Waals surface area contributed by atoms with Gasteiger partial charge in [-0.05, 0) is 102 Å². The number of halogens is 1. The molecule has 0 spiro atoms. The quantitative estimate of drug-likeness (QED) is 0.0771. The number of aromatic amines is 1. The molecule has 61 heavy (non-hydrogen) atoms. The number of rotatable bonds is 13. The van der Waals surface area contributed by atoms with E-state index in [1.807, 2.05) is 18.2 Å². The Morgan fingerprint density at radius 1 is 1.03 bits per heavy atom. The van der Waals surface area contributed by atoms with E-state index in [9.17, 15) is 23.3 Å². The number of hydrogen-bond donors (Lipinski definition) is 3. The third-order valence-electron chi connectivity index (χ3n) is 12.7. The summed E-state index contributed by atoms with van der Waals surface area (Å²) in [5.41, 5.74) is 5.58. The number of fused-ring (bicyclic) bond motifs is 2. The van der Waals surface area contributed by atoms with E-state index >= 15 is 0 Å². The van der Waals surface area contributed by atoms with Crippen LogP contribution in [0.15, 0.2) is 95.7 Å². The average Bonchev–Trinajstić information content (AvgIpc) is 3.52. The number of nitro groups is 1. The van der Waals surface area contributed by atoms with Gasteiger partial charge >= 0.3 is 0 Å². The van der Waals surface area contributed by atoms with Crippen LogP contribution in [0.5, 0.6) is 11.5 Å². The Bertz CT molecular complexity index is 2630. The molecule has 4 aliphatic rings. The number of benzene rings is 3. The van der Waals surface area contributed by atoms with Gasteiger partial charge in [-0.3, -0.25) is 19.8 Å². The van der Waals surface area contributed by atoms with Gasteiger partial charge in [-0.2, -0.15) is 0 Å². The highest BCUT2D eigenvalue weighted by molar-refractivity contribution is 7.90. The van der Waals surface area contributed by atoms with E-state index in [1.165, 1.54) is 35.0 Å². The fraction of sp³-hybridized carbons (Fsp3) is 0.378. The Labute approximate surface area is 359 Å². The lowest BCUT2D eigenvalue weighted by molar-refractivity contribution is -0.384. The van der Waals surface area contributed by atoms with Crippen molar-refractivity contribution in [3.8, 4) is 11.5 Å². The number of nitrogens with zero attached hydrogens (tertiary/aromatic N) is 4. The molecular weight excluding hydrogens is 818 g/mol. The predicted octanol–water partition coefficient (Wildman–Crippen LogP) is 8.13. The summed E-state index contributed by atoms with van der Waals surface area (Å²) in [7, 11) is -4.55. The van der Waals surface area contributed by atoms with Gasteiger partial charge in [0.05, 0.1) is 34.8 Å². The number of nitro benzene ring substituents is 1. The first-order valence-electron chi connectivity index (χ1n) is 20.7. The number of aromatic nitrogens is 2. The molecule has 2 saturated heterocycles. The van der Waals surface area contributed by atoms with E-state index < -0.39 is 31.4 Å². The lowest BCUT2D eigenvalue weighted by Crippen LogP contribution is -2.47. The molecular formula is C45H48ClN7O7S. The number of carbonyl (C=O) groups excluding carboxylic acids is 1. The minimum atomic E-state index is -4.55. The third kappa shape index (κ3) is 8.83. The summed E-state index contributed by atoms with van der Waals surface area (Å²) in [6.45, 7) is 10.5. The number of H-pyrrole nitrogens is 1. The minimum Gasteiger partial charge on any atom is -0.455 e. The highest BCUT2D eigenvalue weighted by atomic mass is 35.5. The second kappa shape index (κ2) is 16.4. The van der Waals surface area contributed by atoms with Gasteiger partial charge in [-0.15, -0.1) is 0 Å². The molecule has 16 heteroatoms. The predicted molar refractivity (Wildman–Crippen MR) is 235 cm³/mol. The molecule has 3 N–H and O–H groups in total.